The number of allylic oxidation sites excluding steroid dienone is 14. The molecule has 0 aromatic heterocycles. The van der Waals surface area contributed by atoms with Gasteiger partial charge in [-0.15, -0.1) is 0 Å². The van der Waals surface area contributed by atoms with E-state index in [1.165, 1.54) is 148 Å². The smallest absolute Gasteiger partial charge is 0.306 e. The van der Waals surface area contributed by atoms with Crippen LogP contribution in [0.3, 0.4) is 0 Å². The number of hydrogen-bond acceptors (Lipinski definition) is 6. The lowest BCUT2D eigenvalue weighted by atomic mass is 10.0. The quantitative estimate of drug-likeness (QED) is 0.0261. The van der Waals surface area contributed by atoms with E-state index in [0.29, 0.717) is 19.3 Å². The van der Waals surface area contributed by atoms with E-state index < -0.39 is 6.10 Å². The Hall–Kier alpha value is -3.41. The van der Waals surface area contributed by atoms with Gasteiger partial charge in [-0.25, -0.2) is 0 Å². The second-order valence-corrected chi connectivity index (χ2v) is 19.9. The van der Waals surface area contributed by atoms with Crippen molar-refractivity contribution in [3.8, 4) is 0 Å². The van der Waals surface area contributed by atoms with E-state index in [1.54, 1.807) is 0 Å². The molecule has 0 saturated heterocycles. The zero-order valence-corrected chi connectivity index (χ0v) is 46.7. The Morgan fingerprint density at radius 2 is 0.549 bits per heavy atom. The molecule has 0 amide bonds. The first-order valence-electron chi connectivity index (χ1n) is 30.1. The molecule has 1 atom stereocenters. The van der Waals surface area contributed by atoms with Crippen LogP contribution in [0.2, 0.25) is 0 Å². The van der Waals surface area contributed by atoms with Crippen molar-refractivity contribution < 1.29 is 28.6 Å². The van der Waals surface area contributed by atoms with Crippen molar-refractivity contribution in [2.24, 2.45) is 0 Å². The average Bonchev–Trinajstić information content (AvgIpc) is 3.37. The zero-order valence-electron chi connectivity index (χ0n) is 46.7. The summed E-state index contributed by atoms with van der Waals surface area (Å²) in [6.45, 7) is 6.45. The SMILES string of the molecule is CC/C=C\C/C=C\C/C=C\C/C=C\C/C=C\C/C=C\CCCCCCCCCCCCC(=O)OCC(COC(=O)CCCCCCC)OC(=O)CCCCCCCCCCC/C=C\CCCCCCCC. The number of carbonyl (C=O) groups excluding carboxylic acids is 3. The van der Waals surface area contributed by atoms with Crippen LogP contribution < -0.4 is 0 Å². The van der Waals surface area contributed by atoms with Gasteiger partial charge in [-0.2, -0.15) is 0 Å². The minimum absolute atomic E-state index is 0.0776. The molecule has 0 aliphatic rings. The molecule has 71 heavy (non-hydrogen) atoms. The molecule has 0 aromatic rings. The third-order valence-electron chi connectivity index (χ3n) is 12.9. The topological polar surface area (TPSA) is 78.9 Å². The highest BCUT2D eigenvalue weighted by Crippen LogP contribution is 2.16. The standard InChI is InChI=1S/C65H112O6/c1-4-7-10-13-15-17-19-21-23-25-27-28-29-30-31-32-33-34-35-36-38-39-41-43-45-47-49-52-55-58-64(67)70-61-62(60-69-63(66)57-54-51-12-9-6-3)71-65(68)59-56-53-50-48-46-44-42-40-37-26-24-22-20-18-16-14-11-8-5-2/h7,10,15,17,21-24,27-28,30-31,33-34,62H,4-6,8-9,11-14,16,18-20,25-26,29,32,35-61H2,1-3H3/b10-7-,17-15-,23-21-,24-22-,28-27-,31-30-,34-33-. The molecular weight excluding hydrogens is 877 g/mol. The fraction of sp³-hybridized carbons (Fsp3) is 0.738. The first-order chi connectivity index (χ1) is 35.0. The van der Waals surface area contributed by atoms with Crippen molar-refractivity contribution in [1.82, 2.24) is 0 Å². The van der Waals surface area contributed by atoms with Crippen molar-refractivity contribution in [2.45, 2.75) is 297 Å². The van der Waals surface area contributed by atoms with Gasteiger partial charge in [0.15, 0.2) is 6.10 Å². The maximum atomic E-state index is 12.8. The predicted molar refractivity (Wildman–Crippen MR) is 307 cm³/mol. The van der Waals surface area contributed by atoms with Gasteiger partial charge >= 0.3 is 17.9 Å². The highest BCUT2D eigenvalue weighted by molar-refractivity contribution is 5.71. The molecule has 0 spiro atoms. The van der Waals surface area contributed by atoms with Gasteiger partial charge in [0.25, 0.3) is 0 Å². The highest BCUT2D eigenvalue weighted by Gasteiger charge is 2.19. The number of esters is 3. The van der Waals surface area contributed by atoms with Crippen LogP contribution in [0.25, 0.3) is 0 Å². The molecule has 0 bridgehead atoms. The Balaban J connectivity index is 4.07. The Labute approximate surface area is 439 Å². The summed E-state index contributed by atoms with van der Waals surface area (Å²) in [5.74, 6) is -0.891. The van der Waals surface area contributed by atoms with E-state index in [1.807, 2.05) is 0 Å². The Morgan fingerprint density at radius 3 is 0.873 bits per heavy atom. The Kier molecular flexibility index (Phi) is 56.3. The molecular formula is C65H112O6. The largest absolute Gasteiger partial charge is 0.462 e. The second kappa shape index (κ2) is 59.2. The fourth-order valence-electron chi connectivity index (χ4n) is 8.38. The number of ether oxygens (including phenoxy) is 3. The van der Waals surface area contributed by atoms with Crippen LogP contribution in [-0.4, -0.2) is 37.2 Å². The summed E-state index contributed by atoms with van der Waals surface area (Å²) >= 11 is 0. The number of rotatable bonds is 54. The molecule has 1 unspecified atom stereocenters. The van der Waals surface area contributed by atoms with Gasteiger partial charge in [0.1, 0.15) is 13.2 Å². The summed E-state index contributed by atoms with van der Waals surface area (Å²) in [5, 5.41) is 0. The van der Waals surface area contributed by atoms with Gasteiger partial charge in [0, 0.05) is 19.3 Å². The van der Waals surface area contributed by atoms with Crippen LogP contribution in [0.1, 0.15) is 290 Å². The van der Waals surface area contributed by atoms with Gasteiger partial charge in [-0.1, -0.05) is 260 Å². The van der Waals surface area contributed by atoms with Crippen LogP contribution in [0, 0.1) is 0 Å². The lowest BCUT2D eigenvalue weighted by Gasteiger charge is -2.18. The van der Waals surface area contributed by atoms with E-state index in [0.717, 1.165) is 103 Å². The summed E-state index contributed by atoms with van der Waals surface area (Å²) in [4.78, 5) is 37.8. The van der Waals surface area contributed by atoms with Crippen molar-refractivity contribution in [1.29, 1.82) is 0 Å². The average molecular weight is 990 g/mol. The molecule has 0 aliphatic carbocycles. The molecule has 6 heteroatoms. The van der Waals surface area contributed by atoms with Crippen LogP contribution in [0.4, 0.5) is 0 Å². The van der Waals surface area contributed by atoms with Gasteiger partial charge in [0.2, 0.25) is 0 Å². The summed E-state index contributed by atoms with van der Waals surface area (Å²) in [6, 6.07) is 0. The fourth-order valence-corrected chi connectivity index (χ4v) is 8.38. The van der Waals surface area contributed by atoms with Gasteiger partial charge in [-0.05, 0) is 96.3 Å². The number of carbonyl (C=O) groups is 3. The highest BCUT2D eigenvalue weighted by atomic mass is 16.6. The lowest BCUT2D eigenvalue weighted by Crippen LogP contribution is -2.30. The van der Waals surface area contributed by atoms with E-state index in [9.17, 15) is 14.4 Å². The number of unbranched alkanes of at least 4 members (excludes halogenated alkanes) is 29. The third-order valence-corrected chi connectivity index (χ3v) is 12.9. The van der Waals surface area contributed by atoms with E-state index in [-0.39, 0.29) is 31.1 Å². The lowest BCUT2D eigenvalue weighted by molar-refractivity contribution is -0.167. The van der Waals surface area contributed by atoms with Crippen LogP contribution in [-0.2, 0) is 28.6 Å². The molecule has 0 aliphatic heterocycles. The van der Waals surface area contributed by atoms with Gasteiger partial charge in [0.05, 0.1) is 0 Å². The first kappa shape index (κ1) is 67.6. The van der Waals surface area contributed by atoms with E-state index in [2.05, 4.69) is 106 Å². The molecule has 0 rings (SSSR count). The monoisotopic (exact) mass is 989 g/mol. The van der Waals surface area contributed by atoms with Crippen LogP contribution >= 0.6 is 0 Å². The maximum Gasteiger partial charge on any atom is 0.306 e. The molecule has 0 saturated carbocycles. The molecule has 0 fully saturated rings. The summed E-state index contributed by atoms with van der Waals surface area (Å²) < 4.78 is 16.7. The molecule has 0 aromatic carbocycles. The van der Waals surface area contributed by atoms with E-state index >= 15 is 0 Å². The Morgan fingerprint density at radius 1 is 0.296 bits per heavy atom. The van der Waals surface area contributed by atoms with Gasteiger partial charge in [-0.3, -0.25) is 14.4 Å². The maximum absolute atomic E-state index is 12.8. The van der Waals surface area contributed by atoms with Crippen molar-refractivity contribution in [2.75, 3.05) is 13.2 Å². The first-order valence-corrected chi connectivity index (χ1v) is 30.1. The minimum atomic E-state index is -0.775. The van der Waals surface area contributed by atoms with E-state index in [4.69, 9.17) is 14.2 Å². The van der Waals surface area contributed by atoms with Crippen LogP contribution in [0.5, 0.6) is 0 Å². The summed E-state index contributed by atoms with van der Waals surface area (Å²) in [6.07, 6.45) is 77.7. The number of hydrogen-bond donors (Lipinski definition) is 0. The molecule has 6 nitrogen and oxygen atoms in total. The van der Waals surface area contributed by atoms with Crippen molar-refractivity contribution in [3.05, 3.63) is 85.1 Å². The molecule has 408 valence electrons. The van der Waals surface area contributed by atoms with Crippen molar-refractivity contribution in [3.63, 3.8) is 0 Å². The Bertz CT molecular complexity index is 1370. The van der Waals surface area contributed by atoms with Crippen molar-refractivity contribution >= 4 is 17.9 Å². The second-order valence-electron chi connectivity index (χ2n) is 19.9. The van der Waals surface area contributed by atoms with Crippen LogP contribution in [0.15, 0.2) is 85.1 Å². The molecule has 0 radical (unpaired) electrons. The predicted octanol–water partition coefficient (Wildman–Crippen LogP) is 20.3. The summed E-state index contributed by atoms with van der Waals surface area (Å²) in [5.41, 5.74) is 0. The normalized spacial score (nSPS) is 12.7. The summed E-state index contributed by atoms with van der Waals surface area (Å²) in [7, 11) is 0. The van der Waals surface area contributed by atoms with Gasteiger partial charge < -0.3 is 14.2 Å². The molecule has 0 heterocycles. The minimum Gasteiger partial charge on any atom is -0.462 e. The zero-order chi connectivity index (χ0) is 51.4. The molecule has 0 N–H and O–H groups in total. The third kappa shape index (κ3) is 57.4.